The molecule has 3 heterocycles. The van der Waals surface area contributed by atoms with Gasteiger partial charge in [0.05, 0.1) is 5.69 Å². The molecule has 3 aromatic carbocycles. The first kappa shape index (κ1) is 21.4. The van der Waals surface area contributed by atoms with Gasteiger partial charge in [0.15, 0.2) is 0 Å². The topological polar surface area (TPSA) is 60.1 Å². The van der Waals surface area contributed by atoms with Gasteiger partial charge in [0.25, 0.3) is 0 Å². The molecule has 2 aromatic heterocycles. The van der Waals surface area contributed by atoms with Crippen LogP contribution in [0, 0.1) is 0 Å². The Morgan fingerprint density at radius 2 is 1.57 bits per heavy atom. The largest absolute Gasteiger partial charge is 0.369 e. The number of nitrogens with zero attached hydrogens (tertiary/aromatic N) is 4. The molecular weight excluding hydrogens is 432 g/mol. The molecule has 5 aromatic rings. The highest BCUT2D eigenvalue weighted by Crippen LogP contribution is 2.28. The molecule has 0 radical (unpaired) electrons. The van der Waals surface area contributed by atoms with E-state index >= 15 is 0 Å². The molecule has 6 heteroatoms. The third kappa shape index (κ3) is 4.74. The Balaban J connectivity index is 1.09. The van der Waals surface area contributed by atoms with Gasteiger partial charge in [-0.1, -0.05) is 48.5 Å². The fraction of sp³-hybridized carbons (Fsp3) is 0.172. The predicted octanol–water partition coefficient (Wildman–Crippen LogP) is 5.69. The number of H-pyrrole nitrogens is 1. The number of aromatic nitrogens is 3. The average molecular weight is 461 g/mol. The number of aromatic amines is 1. The maximum Gasteiger partial charge on any atom is 0.227 e. The van der Waals surface area contributed by atoms with Crippen molar-refractivity contribution in [2.45, 2.75) is 6.54 Å². The lowest BCUT2D eigenvalue weighted by Gasteiger charge is -2.36. The van der Waals surface area contributed by atoms with Crippen LogP contribution in [0.2, 0.25) is 0 Å². The summed E-state index contributed by atoms with van der Waals surface area (Å²) in [6.45, 7) is 5.24. The van der Waals surface area contributed by atoms with Crippen LogP contribution in [0.1, 0.15) is 5.56 Å². The van der Waals surface area contributed by atoms with Gasteiger partial charge in [0.1, 0.15) is 0 Å². The van der Waals surface area contributed by atoms with Crippen LogP contribution in [0.3, 0.4) is 0 Å². The van der Waals surface area contributed by atoms with Gasteiger partial charge in [-0.15, -0.1) is 0 Å². The Hall–Kier alpha value is -4.16. The Labute approximate surface area is 205 Å². The van der Waals surface area contributed by atoms with E-state index in [1.54, 1.807) is 6.20 Å². The molecule has 1 aliphatic rings. The molecule has 1 fully saturated rings. The molecule has 0 saturated carbocycles. The molecule has 6 rings (SSSR count). The summed E-state index contributed by atoms with van der Waals surface area (Å²) in [6, 6.07) is 29.5. The number of fused-ring (bicyclic) bond motifs is 1. The zero-order chi connectivity index (χ0) is 23.5. The van der Waals surface area contributed by atoms with Crippen molar-refractivity contribution >= 4 is 28.2 Å². The van der Waals surface area contributed by atoms with Crippen LogP contribution < -0.4 is 10.2 Å². The first-order chi connectivity index (χ1) is 17.3. The van der Waals surface area contributed by atoms with E-state index in [0.717, 1.165) is 60.6 Å². The standard InChI is InChI=1S/C29H28N6/c1-2-6-22(7-3-1)21-34-16-18-35(19-17-34)24-12-10-23(11-13-24)32-29-30-15-14-28(33-29)26-20-31-27-9-5-4-8-25(26)27/h1-15,20,31H,16-19,21H2,(H,30,32,33). The molecule has 0 unspecified atom stereocenters. The normalized spacial score (nSPS) is 14.3. The fourth-order valence-electron chi connectivity index (χ4n) is 4.74. The fourth-order valence-corrected chi connectivity index (χ4v) is 4.74. The van der Waals surface area contributed by atoms with E-state index in [2.05, 4.69) is 91.8 Å². The summed E-state index contributed by atoms with van der Waals surface area (Å²) in [5.41, 5.74) is 6.69. The van der Waals surface area contributed by atoms with Gasteiger partial charge in [0.2, 0.25) is 5.95 Å². The molecule has 2 N–H and O–H groups in total. The van der Waals surface area contributed by atoms with Gasteiger partial charge in [-0.25, -0.2) is 9.97 Å². The summed E-state index contributed by atoms with van der Waals surface area (Å²) < 4.78 is 0. The molecule has 1 aliphatic heterocycles. The first-order valence-electron chi connectivity index (χ1n) is 12.1. The lowest BCUT2D eigenvalue weighted by Crippen LogP contribution is -2.45. The number of benzene rings is 3. The molecular formula is C29H28N6. The molecule has 1 saturated heterocycles. The minimum Gasteiger partial charge on any atom is -0.369 e. The number of piperazine rings is 1. The van der Waals surface area contributed by atoms with Crippen LogP contribution in [0.4, 0.5) is 17.3 Å². The number of nitrogens with one attached hydrogen (secondary N) is 2. The molecule has 0 atom stereocenters. The summed E-state index contributed by atoms with van der Waals surface area (Å²) in [6.07, 6.45) is 3.81. The maximum absolute atomic E-state index is 4.76. The highest BCUT2D eigenvalue weighted by atomic mass is 15.3. The molecule has 0 amide bonds. The quantitative estimate of drug-likeness (QED) is 0.341. The van der Waals surface area contributed by atoms with Crippen molar-refractivity contribution < 1.29 is 0 Å². The zero-order valence-corrected chi connectivity index (χ0v) is 19.6. The van der Waals surface area contributed by atoms with Crippen LogP contribution in [0.15, 0.2) is 97.3 Å². The Morgan fingerprint density at radius 3 is 2.40 bits per heavy atom. The van der Waals surface area contributed by atoms with Crippen molar-refractivity contribution in [3.05, 3.63) is 103 Å². The molecule has 0 spiro atoms. The smallest absolute Gasteiger partial charge is 0.227 e. The second-order valence-electron chi connectivity index (χ2n) is 8.93. The second-order valence-corrected chi connectivity index (χ2v) is 8.93. The van der Waals surface area contributed by atoms with Crippen LogP contribution in [0.25, 0.3) is 22.2 Å². The minimum absolute atomic E-state index is 0.593. The molecule has 0 aliphatic carbocycles. The van der Waals surface area contributed by atoms with E-state index in [0.29, 0.717) is 5.95 Å². The Bertz CT molecular complexity index is 1400. The third-order valence-electron chi connectivity index (χ3n) is 6.63. The zero-order valence-electron chi connectivity index (χ0n) is 19.6. The Kier molecular flexibility index (Phi) is 5.87. The van der Waals surface area contributed by atoms with E-state index in [1.165, 1.54) is 11.3 Å². The van der Waals surface area contributed by atoms with Crippen LogP contribution in [0.5, 0.6) is 0 Å². The third-order valence-corrected chi connectivity index (χ3v) is 6.63. The van der Waals surface area contributed by atoms with Crippen molar-refractivity contribution in [1.82, 2.24) is 19.9 Å². The predicted molar refractivity (Wildman–Crippen MR) is 143 cm³/mol. The van der Waals surface area contributed by atoms with Crippen molar-refractivity contribution in [3.63, 3.8) is 0 Å². The van der Waals surface area contributed by atoms with Crippen molar-refractivity contribution in [1.29, 1.82) is 0 Å². The van der Waals surface area contributed by atoms with Gasteiger partial charge >= 0.3 is 0 Å². The number of para-hydroxylation sites is 1. The summed E-state index contributed by atoms with van der Waals surface area (Å²) in [4.78, 5) is 17.5. The van der Waals surface area contributed by atoms with E-state index in [9.17, 15) is 0 Å². The highest BCUT2D eigenvalue weighted by molar-refractivity contribution is 5.94. The Morgan fingerprint density at radius 1 is 0.800 bits per heavy atom. The van der Waals surface area contributed by atoms with Gasteiger partial charge in [0, 0.05) is 73.0 Å². The van der Waals surface area contributed by atoms with Gasteiger partial charge in [-0.05, 0) is 42.0 Å². The average Bonchev–Trinajstić information content (AvgIpc) is 3.35. The lowest BCUT2D eigenvalue weighted by molar-refractivity contribution is 0.250. The molecule has 35 heavy (non-hydrogen) atoms. The van der Waals surface area contributed by atoms with Gasteiger partial charge < -0.3 is 15.2 Å². The number of hydrogen-bond donors (Lipinski definition) is 2. The number of hydrogen-bond acceptors (Lipinski definition) is 5. The monoisotopic (exact) mass is 460 g/mol. The highest BCUT2D eigenvalue weighted by Gasteiger charge is 2.17. The SMILES string of the molecule is c1ccc(CN2CCN(c3ccc(Nc4nccc(-c5c[nH]c6ccccc56)n4)cc3)CC2)cc1. The van der Waals surface area contributed by atoms with Crippen LogP contribution in [-0.2, 0) is 6.54 Å². The summed E-state index contributed by atoms with van der Waals surface area (Å²) >= 11 is 0. The van der Waals surface area contributed by atoms with Crippen LogP contribution >= 0.6 is 0 Å². The van der Waals surface area contributed by atoms with Crippen molar-refractivity contribution in [2.24, 2.45) is 0 Å². The summed E-state index contributed by atoms with van der Waals surface area (Å²) in [5, 5.41) is 4.52. The number of rotatable bonds is 6. The minimum atomic E-state index is 0.593. The number of anilines is 3. The summed E-state index contributed by atoms with van der Waals surface area (Å²) in [5.74, 6) is 0.593. The van der Waals surface area contributed by atoms with Gasteiger partial charge in [-0.3, -0.25) is 4.90 Å². The second kappa shape index (κ2) is 9.60. The van der Waals surface area contributed by atoms with Gasteiger partial charge in [-0.2, -0.15) is 0 Å². The van der Waals surface area contributed by atoms with Crippen LogP contribution in [-0.4, -0.2) is 46.0 Å². The maximum atomic E-state index is 4.76. The molecule has 6 nitrogen and oxygen atoms in total. The van der Waals surface area contributed by atoms with Crippen molar-refractivity contribution in [2.75, 3.05) is 36.4 Å². The van der Waals surface area contributed by atoms with Crippen molar-refractivity contribution in [3.8, 4) is 11.3 Å². The lowest BCUT2D eigenvalue weighted by atomic mass is 10.1. The summed E-state index contributed by atoms with van der Waals surface area (Å²) in [7, 11) is 0. The molecule has 0 bridgehead atoms. The molecule has 174 valence electrons. The van der Waals surface area contributed by atoms with E-state index in [-0.39, 0.29) is 0 Å². The van der Waals surface area contributed by atoms with E-state index < -0.39 is 0 Å². The van der Waals surface area contributed by atoms with E-state index in [1.807, 2.05) is 24.4 Å². The van der Waals surface area contributed by atoms with E-state index in [4.69, 9.17) is 4.98 Å². The first-order valence-corrected chi connectivity index (χ1v) is 12.1.